The Labute approximate surface area is 110 Å². The number of hydrogen-bond acceptors (Lipinski definition) is 3. The van der Waals surface area contributed by atoms with Gasteiger partial charge in [-0.3, -0.25) is 0 Å². The Bertz CT molecular complexity index is 497. The van der Waals surface area contributed by atoms with Crippen LogP contribution in [0.5, 0.6) is 5.75 Å². The van der Waals surface area contributed by atoms with E-state index in [4.69, 9.17) is 4.74 Å². The van der Waals surface area contributed by atoms with E-state index in [-0.39, 0.29) is 5.75 Å². The third kappa shape index (κ3) is 3.09. The highest BCUT2D eigenvalue weighted by atomic mass is 32.1. The fourth-order valence-corrected chi connectivity index (χ4v) is 2.51. The van der Waals surface area contributed by atoms with Crippen LogP contribution in [0, 0.1) is 5.82 Å². The molecule has 0 aliphatic rings. The van der Waals surface area contributed by atoms with Gasteiger partial charge < -0.3 is 9.84 Å². The van der Waals surface area contributed by atoms with Crippen molar-refractivity contribution in [2.45, 2.75) is 18.9 Å². The lowest BCUT2D eigenvalue weighted by molar-refractivity contribution is 0.167. The van der Waals surface area contributed by atoms with E-state index in [1.54, 1.807) is 23.5 Å². The van der Waals surface area contributed by atoms with E-state index in [1.165, 1.54) is 18.1 Å². The number of aliphatic hydroxyl groups excluding tert-OH is 1. The maximum Gasteiger partial charge on any atom is 0.165 e. The van der Waals surface area contributed by atoms with Gasteiger partial charge in [0.2, 0.25) is 0 Å². The Morgan fingerprint density at radius 2 is 2.22 bits per heavy atom. The number of benzene rings is 1. The van der Waals surface area contributed by atoms with Gasteiger partial charge in [0.1, 0.15) is 0 Å². The smallest absolute Gasteiger partial charge is 0.165 e. The van der Waals surface area contributed by atoms with E-state index in [9.17, 15) is 9.50 Å². The van der Waals surface area contributed by atoms with Crippen LogP contribution in [0.2, 0.25) is 0 Å². The van der Waals surface area contributed by atoms with Gasteiger partial charge in [0.25, 0.3) is 0 Å². The highest BCUT2D eigenvalue weighted by Gasteiger charge is 2.11. The summed E-state index contributed by atoms with van der Waals surface area (Å²) < 4.78 is 18.1. The Hall–Kier alpha value is -1.39. The van der Waals surface area contributed by atoms with E-state index in [2.05, 4.69) is 0 Å². The van der Waals surface area contributed by atoms with Gasteiger partial charge in [-0.25, -0.2) is 4.39 Å². The van der Waals surface area contributed by atoms with Gasteiger partial charge in [0.15, 0.2) is 11.6 Å². The number of aliphatic hydroxyl groups is 1. The molecule has 0 radical (unpaired) electrons. The number of aryl methyl sites for hydroxylation is 1. The Morgan fingerprint density at radius 3 is 2.89 bits per heavy atom. The standard InChI is InChI=1S/C14H15FO2S/c1-17-14-9-10(4-6-12(14)15)13(16)7-5-11-3-2-8-18-11/h2-4,6,8-9,13,16H,5,7H2,1H3. The first-order valence-corrected chi connectivity index (χ1v) is 6.62. The van der Waals surface area contributed by atoms with Gasteiger partial charge in [-0.05, 0) is 42.0 Å². The van der Waals surface area contributed by atoms with Crippen molar-refractivity contribution < 1.29 is 14.2 Å². The number of methoxy groups -OCH3 is 1. The lowest BCUT2D eigenvalue weighted by Crippen LogP contribution is -2.00. The fourth-order valence-electron chi connectivity index (χ4n) is 1.78. The van der Waals surface area contributed by atoms with Crippen molar-refractivity contribution in [1.29, 1.82) is 0 Å². The molecule has 1 N–H and O–H groups in total. The summed E-state index contributed by atoms with van der Waals surface area (Å²) >= 11 is 1.67. The van der Waals surface area contributed by atoms with E-state index >= 15 is 0 Å². The van der Waals surface area contributed by atoms with Crippen LogP contribution in [-0.4, -0.2) is 12.2 Å². The Balaban J connectivity index is 2.02. The van der Waals surface area contributed by atoms with Crippen LogP contribution in [0.3, 0.4) is 0 Å². The van der Waals surface area contributed by atoms with Crippen LogP contribution in [0.25, 0.3) is 0 Å². The van der Waals surface area contributed by atoms with E-state index in [0.29, 0.717) is 12.0 Å². The molecule has 1 aromatic carbocycles. The van der Waals surface area contributed by atoms with Crippen LogP contribution in [0.1, 0.15) is 23.0 Å². The maximum atomic E-state index is 13.2. The van der Waals surface area contributed by atoms with Gasteiger partial charge in [-0.2, -0.15) is 0 Å². The number of rotatable bonds is 5. The summed E-state index contributed by atoms with van der Waals surface area (Å²) in [7, 11) is 1.42. The quantitative estimate of drug-likeness (QED) is 0.896. The first kappa shape index (κ1) is 13.1. The Kier molecular flexibility index (Phi) is 4.33. The van der Waals surface area contributed by atoms with E-state index in [0.717, 1.165) is 6.42 Å². The van der Waals surface area contributed by atoms with Crippen LogP contribution in [0.15, 0.2) is 35.7 Å². The van der Waals surface area contributed by atoms with Crippen molar-refractivity contribution in [2.75, 3.05) is 7.11 Å². The van der Waals surface area contributed by atoms with Crippen molar-refractivity contribution in [3.05, 3.63) is 52.0 Å². The predicted molar refractivity (Wildman–Crippen MR) is 70.6 cm³/mol. The molecule has 1 heterocycles. The number of halogens is 1. The lowest BCUT2D eigenvalue weighted by Gasteiger charge is -2.12. The monoisotopic (exact) mass is 266 g/mol. The highest BCUT2D eigenvalue weighted by Crippen LogP contribution is 2.26. The SMILES string of the molecule is COc1cc(C(O)CCc2cccs2)ccc1F. The molecule has 0 spiro atoms. The first-order valence-electron chi connectivity index (χ1n) is 5.74. The molecule has 0 aliphatic heterocycles. The second-order valence-electron chi connectivity index (χ2n) is 4.03. The van der Waals surface area contributed by atoms with Crippen molar-refractivity contribution in [3.8, 4) is 5.75 Å². The molecular formula is C14H15FO2S. The summed E-state index contributed by atoms with van der Waals surface area (Å²) in [5, 5.41) is 12.1. The summed E-state index contributed by atoms with van der Waals surface area (Å²) in [6.45, 7) is 0. The zero-order valence-electron chi connectivity index (χ0n) is 10.1. The van der Waals surface area contributed by atoms with Crippen molar-refractivity contribution >= 4 is 11.3 Å². The largest absolute Gasteiger partial charge is 0.494 e. The van der Waals surface area contributed by atoms with Crippen molar-refractivity contribution in [2.24, 2.45) is 0 Å². The summed E-state index contributed by atoms with van der Waals surface area (Å²) in [4.78, 5) is 1.24. The minimum atomic E-state index is -0.596. The third-order valence-corrected chi connectivity index (χ3v) is 3.74. The van der Waals surface area contributed by atoms with Crippen LogP contribution >= 0.6 is 11.3 Å². The average Bonchev–Trinajstić information content (AvgIpc) is 2.89. The second kappa shape index (κ2) is 5.98. The van der Waals surface area contributed by atoms with Crippen LogP contribution in [0.4, 0.5) is 4.39 Å². The molecule has 1 unspecified atom stereocenters. The lowest BCUT2D eigenvalue weighted by atomic mass is 10.0. The van der Waals surface area contributed by atoms with Gasteiger partial charge in [-0.1, -0.05) is 12.1 Å². The van der Waals surface area contributed by atoms with Gasteiger partial charge in [0.05, 0.1) is 13.2 Å². The number of hydrogen-bond donors (Lipinski definition) is 1. The normalized spacial score (nSPS) is 12.4. The molecule has 4 heteroatoms. The summed E-state index contributed by atoms with van der Waals surface area (Å²) in [6, 6.07) is 8.50. The molecule has 18 heavy (non-hydrogen) atoms. The number of thiophene rings is 1. The first-order chi connectivity index (χ1) is 8.70. The van der Waals surface area contributed by atoms with E-state index < -0.39 is 11.9 Å². The van der Waals surface area contributed by atoms with Gasteiger partial charge in [0, 0.05) is 4.88 Å². The summed E-state index contributed by atoms with van der Waals surface area (Å²) in [6.07, 6.45) is 0.843. The van der Waals surface area contributed by atoms with Gasteiger partial charge >= 0.3 is 0 Å². The van der Waals surface area contributed by atoms with Crippen LogP contribution in [-0.2, 0) is 6.42 Å². The molecule has 0 fully saturated rings. The minimum absolute atomic E-state index is 0.169. The van der Waals surface area contributed by atoms with Gasteiger partial charge in [-0.15, -0.1) is 11.3 Å². The molecule has 0 saturated carbocycles. The molecule has 0 saturated heterocycles. The molecule has 1 aromatic heterocycles. The van der Waals surface area contributed by atoms with Crippen molar-refractivity contribution in [3.63, 3.8) is 0 Å². The van der Waals surface area contributed by atoms with Crippen molar-refractivity contribution in [1.82, 2.24) is 0 Å². The second-order valence-corrected chi connectivity index (χ2v) is 5.06. The van der Waals surface area contributed by atoms with Crippen LogP contribution < -0.4 is 4.74 Å². The molecule has 2 nitrogen and oxygen atoms in total. The highest BCUT2D eigenvalue weighted by molar-refractivity contribution is 7.09. The molecule has 0 bridgehead atoms. The maximum absolute atomic E-state index is 13.2. The summed E-state index contributed by atoms with van der Waals surface area (Å²) in [5.41, 5.74) is 0.685. The molecule has 0 amide bonds. The molecule has 2 aromatic rings. The topological polar surface area (TPSA) is 29.5 Å². The summed E-state index contributed by atoms with van der Waals surface area (Å²) in [5.74, 6) is -0.241. The molecular weight excluding hydrogens is 251 g/mol. The molecule has 96 valence electrons. The minimum Gasteiger partial charge on any atom is -0.494 e. The average molecular weight is 266 g/mol. The zero-order chi connectivity index (χ0) is 13.0. The number of ether oxygens (including phenoxy) is 1. The van der Waals surface area contributed by atoms with E-state index in [1.807, 2.05) is 17.5 Å². The Morgan fingerprint density at radius 1 is 1.39 bits per heavy atom. The fraction of sp³-hybridized carbons (Fsp3) is 0.286. The zero-order valence-corrected chi connectivity index (χ0v) is 10.9. The predicted octanol–water partition coefficient (Wildman–Crippen LogP) is 3.56. The third-order valence-electron chi connectivity index (χ3n) is 2.80. The molecule has 1 atom stereocenters. The molecule has 0 aliphatic carbocycles. The molecule has 2 rings (SSSR count).